The van der Waals surface area contributed by atoms with Crippen LogP contribution in [0.2, 0.25) is 0 Å². The Bertz CT molecular complexity index is 721. The van der Waals surface area contributed by atoms with Gasteiger partial charge in [-0.25, -0.2) is 4.98 Å². The molecule has 0 bridgehead atoms. The monoisotopic (exact) mass is 339 g/mol. The molecule has 0 aliphatic carbocycles. The van der Waals surface area contributed by atoms with Crippen LogP contribution in [0, 0.1) is 0 Å². The van der Waals surface area contributed by atoms with Crippen molar-refractivity contribution in [2.45, 2.75) is 50.7 Å². The molecule has 3 rings (SSSR count). The van der Waals surface area contributed by atoms with Gasteiger partial charge in [-0.05, 0) is 0 Å². The standard InChI is InChI=1S/C14H21N5O5/c1-14(2,3)13-17-11(18-24-13)7-10(15)19(5-16-7)12-9(22)8(21)6(4-20)23-12/h5-6,8-9,12,20-22H,4,15H2,1-3H3/t6-,8-,9-,12-/m1/s1. The Morgan fingerprint density at radius 1 is 1.29 bits per heavy atom. The van der Waals surface area contributed by atoms with E-state index in [0.717, 1.165) is 0 Å². The fourth-order valence-electron chi connectivity index (χ4n) is 2.48. The topological polar surface area (TPSA) is 153 Å². The predicted octanol–water partition coefficient (Wildman–Crippen LogP) is -0.576. The molecule has 1 fully saturated rings. The molecule has 10 nitrogen and oxygen atoms in total. The second kappa shape index (κ2) is 5.81. The molecule has 0 saturated carbocycles. The molecule has 10 heteroatoms. The van der Waals surface area contributed by atoms with Crippen LogP contribution in [0.5, 0.6) is 0 Å². The van der Waals surface area contributed by atoms with Crippen LogP contribution in [0.15, 0.2) is 10.9 Å². The van der Waals surface area contributed by atoms with Crippen molar-refractivity contribution in [3.63, 3.8) is 0 Å². The van der Waals surface area contributed by atoms with Gasteiger partial charge in [-0.2, -0.15) is 4.98 Å². The third kappa shape index (κ3) is 2.67. The zero-order valence-electron chi connectivity index (χ0n) is 13.6. The average Bonchev–Trinajstić information content (AvgIpc) is 3.19. The molecule has 5 N–H and O–H groups in total. The first-order valence-corrected chi connectivity index (χ1v) is 7.53. The van der Waals surface area contributed by atoms with Gasteiger partial charge in [-0.3, -0.25) is 4.57 Å². The highest BCUT2D eigenvalue weighted by molar-refractivity contribution is 5.64. The third-order valence-electron chi connectivity index (χ3n) is 3.90. The van der Waals surface area contributed by atoms with Crippen molar-refractivity contribution in [1.82, 2.24) is 19.7 Å². The molecule has 1 aliphatic rings. The number of rotatable bonds is 3. The number of anilines is 1. The molecule has 3 heterocycles. The minimum absolute atomic E-state index is 0.158. The van der Waals surface area contributed by atoms with Crippen LogP contribution in [0.1, 0.15) is 32.9 Å². The lowest BCUT2D eigenvalue weighted by atomic mass is 9.97. The summed E-state index contributed by atoms with van der Waals surface area (Å²) >= 11 is 0. The van der Waals surface area contributed by atoms with E-state index >= 15 is 0 Å². The van der Waals surface area contributed by atoms with Gasteiger partial charge < -0.3 is 30.3 Å². The largest absolute Gasteiger partial charge is 0.394 e. The number of hydrogen-bond donors (Lipinski definition) is 4. The molecule has 1 aliphatic heterocycles. The average molecular weight is 339 g/mol. The Hall–Kier alpha value is -2.01. The summed E-state index contributed by atoms with van der Waals surface area (Å²) in [5.41, 5.74) is 6.04. The van der Waals surface area contributed by atoms with Crippen LogP contribution in [-0.4, -0.2) is 59.9 Å². The number of nitrogen functional groups attached to an aromatic ring is 1. The number of nitrogens with two attached hydrogens (primary N) is 1. The molecule has 0 radical (unpaired) electrons. The van der Waals surface area contributed by atoms with E-state index in [1.165, 1.54) is 10.9 Å². The lowest BCUT2D eigenvalue weighted by Crippen LogP contribution is -2.33. The zero-order chi connectivity index (χ0) is 17.6. The van der Waals surface area contributed by atoms with Gasteiger partial charge in [0.15, 0.2) is 11.9 Å². The van der Waals surface area contributed by atoms with Gasteiger partial charge in [0.05, 0.1) is 12.9 Å². The molecular formula is C14H21N5O5. The van der Waals surface area contributed by atoms with E-state index in [9.17, 15) is 10.2 Å². The normalized spacial score (nSPS) is 27.8. The van der Waals surface area contributed by atoms with Crippen molar-refractivity contribution < 1.29 is 24.6 Å². The maximum Gasteiger partial charge on any atom is 0.232 e. The van der Waals surface area contributed by atoms with Crippen LogP contribution < -0.4 is 5.73 Å². The van der Waals surface area contributed by atoms with Crippen molar-refractivity contribution in [3.8, 4) is 11.5 Å². The fourth-order valence-corrected chi connectivity index (χ4v) is 2.48. The van der Waals surface area contributed by atoms with Crippen LogP contribution in [0.25, 0.3) is 11.5 Å². The molecule has 2 aromatic heterocycles. The van der Waals surface area contributed by atoms with E-state index in [4.69, 9.17) is 20.1 Å². The van der Waals surface area contributed by atoms with Crippen LogP contribution in [0.4, 0.5) is 5.82 Å². The first-order chi connectivity index (χ1) is 11.2. The van der Waals surface area contributed by atoms with Gasteiger partial charge in [0.2, 0.25) is 11.7 Å². The van der Waals surface area contributed by atoms with E-state index < -0.39 is 31.1 Å². The Morgan fingerprint density at radius 2 is 2.00 bits per heavy atom. The summed E-state index contributed by atoms with van der Waals surface area (Å²) in [6, 6.07) is 0. The highest BCUT2D eigenvalue weighted by Crippen LogP contribution is 2.34. The van der Waals surface area contributed by atoms with Crippen molar-refractivity contribution in [2.75, 3.05) is 12.3 Å². The summed E-state index contributed by atoms with van der Waals surface area (Å²) in [6.07, 6.45) is -2.97. The molecule has 0 spiro atoms. The van der Waals surface area contributed by atoms with Crippen molar-refractivity contribution >= 4 is 5.82 Å². The maximum atomic E-state index is 10.1. The first kappa shape index (κ1) is 16.8. The molecule has 2 aromatic rings. The minimum atomic E-state index is -1.25. The van der Waals surface area contributed by atoms with E-state index in [1.807, 2.05) is 20.8 Å². The van der Waals surface area contributed by atoms with Gasteiger partial charge in [0.25, 0.3) is 0 Å². The Kier molecular flexibility index (Phi) is 4.08. The quantitative estimate of drug-likeness (QED) is 0.575. The van der Waals surface area contributed by atoms with E-state index in [0.29, 0.717) is 5.89 Å². The number of aliphatic hydroxyl groups is 3. The number of hydrogen-bond acceptors (Lipinski definition) is 9. The summed E-state index contributed by atoms with van der Waals surface area (Å²) in [5.74, 6) is 0.827. The van der Waals surface area contributed by atoms with Gasteiger partial charge in [0.1, 0.15) is 24.1 Å². The Morgan fingerprint density at radius 3 is 2.54 bits per heavy atom. The Balaban J connectivity index is 1.91. The summed E-state index contributed by atoms with van der Waals surface area (Å²) in [6.45, 7) is 5.39. The van der Waals surface area contributed by atoms with Crippen molar-refractivity contribution in [1.29, 1.82) is 0 Å². The van der Waals surface area contributed by atoms with Crippen molar-refractivity contribution in [3.05, 3.63) is 12.2 Å². The van der Waals surface area contributed by atoms with Gasteiger partial charge in [0, 0.05) is 5.41 Å². The number of aliphatic hydroxyl groups excluding tert-OH is 3. The lowest BCUT2D eigenvalue weighted by Gasteiger charge is -2.17. The van der Waals surface area contributed by atoms with E-state index in [2.05, 4.69) is 15.1 Å². The summed E-state index contributed by atoms with van der Waals surface area (Å²) in [4.78, 5) is 8.45. The number of aromatic nitrogens is 4. The molecule has 0 aromatic carbocycles. The highest BCUT2D eigenvalue weighted by atomic mass is 16.6. The van der Waals surface area contributed by atoms with Crippen LogP contribution in [0.3, 0.4) is 0 Å². The molecular weight excluding hydrogens is 318 g/mol. The summed E-state index contributed by atoms with van der Waals surface area (Å²) in [5, 5.41) is 33.0. The van der Waals surface area contributed by atoms with Crippen molar-refractivity contribution in [2.24, 2.45) is 0 Å². The lowest BCUT2D eigenvalue weighted by molar-refractivity contribution is -0.0517. The zero-order valence-corrected chi connectivity index (χ0v) is 13.6. The second-order valence-corrected chi connectivity index (χ2v) is 6.79. The summed E-state index contributed by atoms with van der Waals surface area (Å²) < 4.78 is 12.0. The van der Waals surface area contributed by atoms with Gasteiger partial charge in [-0.15, -0.1) is 0 Å². The van der Waals surface area contributed by atoms with E-state index in [-0.39, 0.29) is 22.8 Å². The SMILES string of the molecule is CC(C)(C)c1nc(-c2ncn([C@@H]3O[C@H](CO)[C@@H](O)[C@H]3O)c2N)no1. The smallest absolute Gasteiger partial charge is 0.232 e. The third-order valence-corrected chi connectivity index (χ3v) is 3.90. The van der Waals surface area contributed by atoms with Crippen LogP contribution >= 0.6 is 0 Å². The molecule has 0 amide bonds. The van der Waals surface area contributed by atoms with Gasteiger partial charge in [-0.1, -0.05) is 25.9 Å². The fraction of sp³-hybridized carbons (Fsp3) is 0.643. The summed E-state index contributed by atoms with van der Waals surface area (Å²) in [7, 11) is 0. The molecule has 4 atom stereocenters. The molecule has 0 unspecified atom stereocenters. The van der Waals surface area contributed by atoms with E-state index in [1.54, 1.807) is 0 Å². The molecule has 132 valence electrons. The molecule has 24 heavy (non-hydrogen) atoms. The molecule has 1 saturated heterocycles. The number of ether oxygens (including phenoxy) is 1. The maximum absolute atomic E-state index is 10.1. The first-order valence-electron chi connectivity index (χ1n) is 7.53. The minimum Gasteiger partial charge on any atom is -0.394 e. The van der Waals surface area contributed by atoms with Gasteiger partial charge >= 0.3 is 0 Å². The predicted molar refractivity (Wildman–Crippen MR) is 81.6 cm³/mol. The number of imidazole rings is 1. The number of nitrogens with zero attached hydrogens (tertiary/aromatic N) is 4. The Labute approximate surface area is 137 Å². The highest BCUT2D eigenvalue weighted by Gasteiger charge is 2.44. The van der Waals surface area contributed by atoms with Crippen LogP contribution in [-0.2, 0) is 10.2 Å². The second-order valence-electron chi connectivity index (χ2n) is 6.79.